The molecule has 1 aliphatic rings. The van der Waals surface area contributed by atoms with Crippen molar-refractivity contribution in [1.29, 1.82) is 0 Å². The Morgan fingerprint density at radius 2 is 1.69 bits per heavy atom. The van der Waals surface area contributed by atoms with Crippen LogP contribution >= 0.6 is 35.0 Å². The molecule has 9 heteroatoms. The predicted octanol–water partition coefficient (Wildman–Crippen LogP) is 5.99. The molecule has 1 atom stereocenters. The van der Waals surface area contributed by atoms with Gasteiger partial charge in [-0.3, -0.25) is 9.36 Å². The number of hydrogen-bond donors (Lipinski definition) is 1. The highest BCUT2D eigenvalue weighted by Crippen LogP contribution is 2.33. The van der Waals surface area contributed by atoms with Crippen LogP contribution in [0.4, 0.5) is 11.6 Å². The first-order valence-electron chi connectivity index (χ1n) is 10.6. The third-order valence-corrected chi connectivity index (χ3v) is 7.08. The minimum absolute atomic E-state index is 0.206. The van der Waals surface area contributed by atoms with Gasteiger partial charge in [0.25, 0.3) is 0 Å². The van der Waals surface area contributed by atoms with Gasteiger partial charge in [0.2, 0.25) is 11.9 Å². The van der Waals surface area contributed by atoms with Crippen LogP contribution < -0.4 is 10.2 Å². The molecular formula is C23H25Cl2N5OS. The van der Waals surface area contributed by atoms with E-state index in [1.807, 2.05) is 11.5 Å². The lowest BCUT2D eigenvalue weighted by Crippen LogP contribution is -2.31. The van der Waals surface area contributed by atoms with E-state index in [4.69, 9.17) is 23.2 Å². The molecule has 1 saturated heterocycles. The summed E-state index contributed by atoms with van der Waals surface area (Å²) in [7, 11) is 0. The summed E-state index contributed by atoms with van der Waals surface area (Å²) in [6.45, 7) is 5.80. The van der Waals surface area contributed by atoms with E-state index in [0.29, 0.717) is 20.9 Å². The second kappa shape index (κ2) is 10.1. The lowest BCUT2D eigenvalue weighted by atomic mass is 10.1. The molecule has 0 spiro atoms. The minimum atomic E-state index is -0.440. The highest BCUT2D eigenvalue weighted by atomic mass is 35.5. The average Bonchev–Trinajstić information content (AvgIpc) is 3.20. The van der Waals surface area contributed by atoms with Gasteiger partial charge >= 0.3 is 0 Å². The van der Waals surface area contributed by atoms with Crippen molar-refractivity contribution in [2.24, 2.45) is 0 Å². The van der Waals surface area contributed by atoms with Crippen LogP contribution in [0.3, 0.4) is 0 Å². The van der Waals surface area contributed by atoms with E-state index in [9.17, 15) is 4.79 Å². The van der Waals surface area contributed by atoms with Crippen molar-refractivity contribution in [2.45, 2.75) is 43.5 Å². The van der Waals surface area contributed by atoms with Gasteiger partial charge in [-0.25, -0.2) is 0 Å². The number of piperidine rings is 1. The zero-order valence-electron chi connectivity index (χ0n) is 18.0. The Balaban J connectivity index is 1.60. The topological polar surface area (TPSA) is 63.1 Å². The molecule has 2 heterocycles. The number of halogens is 2. The zero-order valence-corrected chi connectivity index (χ0v) is 20.3. The number of rotatable bonds is 6. The number of thioether (sulfide) groups is 1. The van der Waals surface area contributed by atoms with Crippen LogP contribution in [0.2, 0.25) is 10.0 Å². The van der Waals surface area contributed by atoms with E-state index in [1.54, 1.807) is 18.2 Å². The summed E-state index contributed by atoms with van der Waals surface area (Å²) in [4.78, 5) is 15.2. The average molecular weight is 490 g/mol. The van der Waals surface area contributed by atoms with E-state index < -0.39 is 5.25 Å². The fourth-order valence-electron chi connectivity index (χ4n) is 3.61. The number of aromatic nitrogens is 3. The Bertz CT molecular complexity index is 1080. The number of amides is 1. The first kappa shape index (κ1) is 23.0. The van der Waals surface area contributed by atoms with Crippen molar-refractivity contribution in [3.8, 4) is 5.69 Å². The summed E-state index contributed by atoms with van der Waals surface area (Å²) in [5.74, 6) is 0.612. The maximum absolute atomic E-state index is 12.9. The van der Waals surface area contributed by atoms with Gasteiger partial charge in [0, 0.05) is 13.1 Å². The van der Waals surface area contributed by atoms with Crippen molar-refractivity contribution in [3.05, 3.63) is 58.1 Å². The maximum Gasteiger partial charge on any atom is 0.237 e. The molecule has 3 aromatic rings. The molecule has 0 radical (unpaired) electrons. The third kappa shape index (κ3) is 5.05. The van der Waals surface area contributed by atoms with Crippen molar-refractivity contribution >= 4 is 52.5 Å². The summed E-state index contributed by atoms with van der Waals surface area (Å²) in [6, 6.07) is 13.4. The van der Waals surface area contributed by atoms with Gasteiger partial charge in [-0.1, -0.05) is 58.7 Å². The summed E-state index contributed by atoms with van der Waals surface area (Å²) in [6.07, 6.45) is 3.51. The fourth-order valence-corrected chi connectivity index (χ4v) is 4.97. The smallest absolute Gasteiger partial charge is 0.237 e. The molecule has 168 valence electrons. The van der Waals surface area contributed by atoms with Gasteiger partial charge in [-0.05, 0) is 57.4 Å². The van der Waals surface area contributed by atoms with Gasteiger partial charge in [0.15, 0.2) is 5.16 Å². The molecule has 0 aliphatic carbocycles. The number of carbonyl (C=O) groups excluding carboxylic acids is 1. The minimum Gasteiger partial charge on any atom is -0.341 e. The lowest BCUT2D eigenvalue weighted by Gasteiger charge is -2.28. The van der Waals surface area contributed by atoms with E-state index in [-0.39, 0.29) is 5.91 Å². The van der Waals surface area contributed by atoms with Gasteiger partial charge in [0.05, 0.1) is 26.7 Å². The molecule has 4 rings (SSSR count). The highest BCUT2D eigenvalue weighted by molar-refractivity contribution is 8.00. The second-order valence-corrected chi connectivity index (χ2v) is 9.97. The number of aryl methyl sites for hydroxylation is 1. The Hall–Kier alpha value is -2.22. The Morgan fingerprint density at radius 3 is 2.34 bits per heavy atom. The van der Waals surface area contributed by atoms with Gasteiger partial charge in [-0.2, -0.15) is 0 Å². The van der Waals surface area contributed by atoms with Gasteiger partial charge in [-0.15, -0.1) is 10.2 Å². The van der Waals surface area contributed by atoms with E-state index in [0.717, 1.165) is 37.6 Å². The Kier molecular flexibility index (Phi) is 7.28. The van der Waals surface area contributed by atoms with Crippen molar-refractivity contribution in [3.63, 3.8) is 0 Å². The molecule has 1 aromatic heterocycles. The Labute approximate surface area is 202 Å². The first-order chi connectivity index (χ1) is 15.4. The van der Waals surface area contributed by atoms with Crippen molar-refractivity contribution in [2.75, 3.05) is 23.3 Å². The summed E-state index contributed by atoms with van der Waals surface area (Å²) in [5, 5.41) is 12.8. The quantitative estimate of drug-likeness (QED) is 0.430. The Morgan fingerprint density at radius 1 is 1.03 bits per heavy atom. The lowest BCUT2D eigenvalue weighted by molar-refractivity contribution is -0.115. The SMILES string of the molecule is Cc1ccc(-n2c(SC(C)C(=O)Nc3c(Cl)cccc3Cl)nnc2N2CCCCC2)cc1. The van der Waals surface area contributed by atoms with Crippen molar-refractivity contribution in [1.82, 2.24) is 14.8 Å². The number of para-hydroxylation sites is 1. The molecule has 0 bridgehead atoms. The maximum atomic E-state index is 12.9. The van der Waals surface area contributed by atoms with E-state index in [2.05, 4.69) is 51.6 Å². The molecule has 1 unspecified atom stereocenters. The van der Waals surface area contributed by atoms with Crippen LogP contribution in [-0.4, -0.2) is 39.0 Å². The van der Waals surface area contributed by atoms with Crippen LogP contribution in [0, 0.1) is 6.92 Å². The fraction of sp³-hybridized carbons (Fsp3) is 0.348. The molecule has 1 fully saturated rings. The summed E-state index contributed by atoms with van der Waals surface area (Å²) >= 11 is 13.8. The molecule has 1 aliphatic heterocycles. The van der Waals surface area contributed by atoms with E-state index >= 15 is 0 Å². The van der Waals surface area contributed by atoms with Crippen molar-refractivity contribution < 1.29 is 4.79 Å². The number of nitrogens with zero attached hydrogens (tertiary/aromatic N) is 4. The van der Waals surface area contributed by atoms with Crippen LogP contribution in [0.25, 0.3) is 5.69 Å². The van der Waals surface area contributed by atoms with Gasteiger partial charge in [0.1, 0.15) is 0 Å². The monoisotopic (exact) mass is 489 g/mol. The molecular weight excluding hydrogens is 465 g/mol. The molecule has 1 amide bonds. The molecule has 1 N–H and O–H groups in total. The molecule has 2 aromatic carbocycles. The number of benzene rings is 2. The largest absolute Gasteiger partial charge is 0.341 e. The summed E-state index contributed by atoms with van der Waals surface area (Å²) < 4.78 is 2.04. The van der Waals surface area contributed by atoms with Crippen LogP contribution in [0.15, 0.2) is 47.6 Å². The molecule has 32 heavy (non-hydrogen) atoms. The number of anilines is 2. The second-order valence-electron chi connectivity index (χ2n) is 7.85. The molecule has 6 nitrogen and oxygen atoms in total. The number of nitrogens with one attached hydrogen (secondary N) is 1. The van der Waals surface area contributed by atoms with E-state index in [1.165, 1.54) is 23.7 Å². The van der Waals surface area contributed by atoms with Crippen LogP contribution in [0.1, 0.15) is 31.7 Å². The number of hydrogen-bond acceptors (Lipinski definition) is 5. The zero-order chi connectivity index (χ0) is 22.7. The normalized spacial score (nSPS) is 14.9. The van der Waals surface area contributed by atoms with Gasteiger partial charge < -0.3 is 10.2 Å². The summed E-state index contributed by atoms with van der Waals surface area (Å²) in [5.41, 5.74) is 2.58. The third-order valence-electron chi connectivity index (χ3n) is 5.41. The standard InChI is InChI=1S/C23H25Cl2N5OS/c1-15-9-11-17(12-10-15)30-22(29-13-4-3-5-14-29)27-28-23(30)32-16(2)21(31)26-20-18(24)7-6-8-19(20)25/h6-12,16H,3-5,13-14H2,1-2H3,(H,26,31). The molecule has 0 saturated carbocycles. The highest BCUT2D eigenvalue weighted by Gasteiger charge is 2.25. The predicted molar refractivity (Wildman–Crippen MR) is 133 cm³/mol. The van der Waals surface area contributed by atoms with Crippen LogP contribution in [-0.2, 0) is 4.79 Å². The number of carbonyl (C=O) groups is 1. The van der Waals surface area contributed by atoms with Crippen LogP contribution in [0.5, 0.6) is 0 Å². The first-order valence-corrected chi connectivity index (χ1v) is 12.3.